The van der Waals surface area contributed by atoms with Crippen molar-refractivity contribution in [1.82, 2.24) is 9.55 Å². The summed E-state index contributed by atoms with van der Waals surface area (Å²) >= 11 is 0. The Morgan fingerprint density at radius 2 is 1.96 bits per heavy atom. The number of aromatic nitrogens is 2. The smallest absolute Gasteiger partial charge is 0.225 e. The molecule has 2 heterocycles. The third-order valence-electron chi connectivity index (χ3n) is 4.15. The van der Waals surface area contributed by atoms with Crippen LogP contribution in [-0.4, -0.2) is 24.2 Å². The van der Waals surface area contributed by atoms with Gasteiger partial charge in [-0.2, -0.15) is 0 Å². The highest BCUT2D eigenvalue weighted by atomic mass is 32.2. The fraction of sp³-hybridized carbons (Fsp3) is 0.222. The first-order valence-corrected chi connectivity index (χ1v) is 9.30. The van der Waals surface area contributed by atoms with E-state index in [2.05, 4.69) is 4.98 Å². The van der Waals surface area contributed by atoms with Crippen LogP contribution in [-0.2, 0) is 16.4 Å². The standard InChI is InChI=1S/C18H19N3O2S/c1-2-14(11-19)12-21-13-17(15-7-3-4-8-16(15)21)24(22,23)18-9-5-6-10-20-18/h3-11,13-14,19H,2,12H2,1H3. The highest BCUT2D eigenvalue weighted by Gasteiger charge is 2.24. The average Bonchev–Trinajstić information content (AvgIpc) is 3.00. The zero-order valence-corrected chi connectivity index (χ0v) is 14.2. The molecule has 1 N–H and O–H groups in total. The maximum atomic E-state index is 13.0. The fourth-order valence-corrected chi connectivity index (χ4v) is 4.16. The molecule has 0 amide bonds. The van der Waals surface area contributed by atoms with Gasteiger partial charge >= 0.3 is 0 Å². The number of pyridine rings is 1. The molecular formula is C18H19N3O2S. The minimum atomic E-state index is -3.68. The molecule has 0 aliphatic heterocycles. The van der Waals surface area contributed by atoms with Crippen molar-refractivity contribution in [3.05, 3.63) is 54.9 Å². The molecule has 1 aromatic carbocycles. The molecular weight excluding hydrogens is 322 g/mol. The third kappa shape index (κ3) is 2.85. The van der Waals surface area contributed by atoms with Gasteiger partial charge in [0.1, 0.15) is 0 Å². The van der Waals surface area contributed by atoms with E-state index in [-0.39, 0.29) is 15.8 Å². The summed E-state index contributed by atoms with van der Waals surface area (Å²) in [6.45, 7) is 2.60. The molecule has 3 rings (SSSR count). The number of nitrogens with one attached hydrogen (secondary N) is 1. The van der Waals surface area contributed by atoms with Gasteiger partial charge in [0.15, 0.2) is 5.03 Å². The SMILES string of the molecule is CCC(C=N)Cn1cc(S(=O)(=O)c2ccccn2)c2ccccc21. The molecule has 0 bridgehead atoms. The first kappa shape index (κ1) is 16.4. The summed E-state index contributed by atoms with van der Waals surface area (Å²) in [7, 11) is -3.68. The molecule has 0 spiro atoms. The van der Waals surface area contributed by atoms with Gasteiger partial charge in [-0.15, -0.1) is 0 Å². The molecule has 24 heavy (non-hydrogen) atoms. The number of fused-ring (bicyclic) bond motifs is 1. The summed E-state index contributed by atoms with van der Waals surface area (Å²) in [4.78, 5) is 4.26. The van der Waals surface area contributed by atoms with E-state index in [1.807, 2.05) is 35.8 Å². The van der Waals surface area contributed by atoms with Gasteiger partial charge in [-0.3, -0.25) is 0 Å². The van der Waals surface area contributed by atoms with Crippen LogP contribution in [0.2, 0.25) is 0 Å². The molecule has 0 saturated heterocycles. The Labute approximate surface area is 141 Å². The van der Waals surface area contributed by atoms with E-state index in [0.29, 0.717) is 11.9 Å². The molecule has 2 aromatic heterocycles. The van der Waals surface area contributed by atoms with Crippen molar-refractivity contribution in [3.8, 4) is 0 Å². The molecule has 0 saturated carbocycles. The van der Waals surface area contributed by atoms with Gasteiger partial charge in [0.05, 0.1) is 4.90 Å². The number of hydrogen-bond donors (Lipinski definition) is 1. The Balaban J connectivity index is 2.18. The zero-order valence-electron chi connectivity index (χ0n) is 13.4. The summed E-state index contributed by atoms with van der Waals surface area (Å²) in [6.07, 6.45) is 5.40. The van der Waals surface area contributed by atoms with Crippen LogP contribution in [0.25, 0.3) is 10.9 Å². The first-order valence-electron chi connectivity index (χ1n) is 7.82. The third-order valence-corrected chi connectivity index (χ3v) is 5.84. The Morgan fingerprint density at radius 1 is 1.21 bits per heavy atom. The largest absolute Gasteiger partial charge is 0.345 e. The van der Waals surface area contributed by atoms with E-state index in [0.717, 1.165) is 11.9 Å². The van der Waals surface area contributed by atoms with Gasteiger partial charge in [0.25, 0.3) is 0 Å². The molecule has 124 valence electrons. The maximum Gasteiger partial charge on any atom is 0.225 e. The number of para-hydroxylation sites is 1. The van der Waals surface area contributed by atoms with Crippen molar-refractivity contribution >= 4 is 27.0 Å². The van der Waals surface area contributed by atoms with Crippen molar-refractivity contribution in [3.63, 3.8) is 0 Å². The number of benzene rings is 1. The van der Waals surface area contributed by atoms with Gasteiger partial charge in [-0.1, -0.05) is 31.2 Å². The summed E-state index contributed by atoms with van der Waals surface area (Å²) < 4.78 is 27.9. The van der Waals surface area contributed by atoms with Crippen LogP contribution in [0.1, 0.15) is 13.3 Å². The Morgan fingerprint density at radius 3 is 2.62 bits per heavy atom. The summed E-state index contributed by atoms with van der Waals surface area (Å²) in [5.41, 5.74) is 0.854. The van der Waals surface area contributed by atoms with E-state index in [1.165, 1.54) is 18.5 Å². The lowest BCUT2D eigenvalue weighted by Gasteiger charge is -2.11. The summed E-state index contributed by atoms with van der Waals surface area (Å²) in [5, 5.41) is 8.25. The van der Waals surface area contributed by atoms with Crippen molar-refractivity contribution in [1.29, 1.82) is 5.41 Å². The van der Waals surface area contributed by atoms with Crippen molar-refractivity contribution < 1.29 is 8.42 Å². The van der Waals surface area contributed by atoms with E-state index in [9.17, 15) is 8.42 Å². The van der Waals surface area contributed by atoms with E-state index in [1.54, 1.807) is 18.3 Å². The van der Waals surface area contributed by atoms with Gasteiger partial charge < -0.3 is 9.98 Å². The Bertz CT molecular complexity index is 962. The lowest BCUT2D eigenvalue weighted by molar-refractivity contribution is 0.558. The summed E-state index contributed by atoms with van der Waals surface area (Å²) in [6, 6.07) is 12.3. The molecule has 1 atom stereocenters. The normalized spacial score (nSPS) is 13.0. The number of nitrogens with zero attached hydrogens (tertiary/aromatic N) is 2. The average molecular weight is 341 g/mol. The molecule has 0 aliphatic rings. The number of sulfone groups is 1. The van der Waals surface area contributed by atoms with Crippen LogP contribution in [0.15, 0.2) is 64.8 Å². The fourth-order valence-electron chi connectivity index (χ4n) is 2.75. The monoisotopic (exact) mass is 341 g/mol. The van der Waals surface area contributed by atoms with Crippen LogP contribution in [0, 0.1) is 11.3 Å². The van der Waals surface area contributed by atoms with Gasteiger partial charge in [0, 0.05) is 42.0 Å². The number of hydrogen-bond acceptors (Lipinski definition) is 4. The minimum Gasteiger partial charge on any atom is -0.345 e. The van der Waals surface area contributed by atoms with Gasteiger partial charge in [-0.05, 0) is 24.6 Å². The quantitative estimate of drug-likeness (QED) is 0.697. The van der Waals surface area contributed by atoms with Crippen molar-refractivity contribution in [2.75, 3.05) is 0 Å². The second kappa shape index (κ2) is 6.57. The Kier molecular flexibility index (Phi) is 4.49. The molecule has 5 nitrogen and oxygen atoms in total. The summed E-state index contributed by atoms with van der Waals surface area (Å²) in [5.74, 6) is 0.0752. The molecule has 0 fully saturated rings. The molecule has 3 aromatic rings. The Hall–Kier alpha value is -2.47. The molecule has 1 unspecified atom stereocenters. The lowest BCUT2D eigenvalue weighted by Crippen LogP contribution is -2.10. The van der Waals surface area contributed by atoms with Crippen LogP contribution in [0.3, 0.4) is 0 Å². The molecule has 0 radical (unpaired) electrons. The topological polar surface area (TPSA) is 75.8 Å². The zero-order chi connectivity index (χ0) is 17.2. The van der Waals surface area contributed by atoms with Gasteiger partial charge in [0.2, 0.25) is 9.84 Å². The highest BCUT2D eigenvalue weighted by Crippen LogP contribution is 2.30. The van der Waals surface area contributed by atoms with Crippen molar-refractivity contribution in [2.24, 2.45) is 5.92 Å². The number of rotatable bonds is 6. The van der Waals surface area contributed by atoms with E-state index >= 15 is 0 Å². The first-order chi connectivity index (χ1) is 11.6. The maximum absolute atomic E-state index is 13.0. The van der Waals surface area contributed by atoms with Crippen LogP contribution in [0.5, 0.6) is 0 Å². The van der Waals surface area contributed by atoms with Crippen LogP contribution >= 0.6 is 0 Å². The highest BCUT2D eigenvalue weighted by molar-refractivity contribution is 7.91. The van der Waals surface area contributed by atoms with E-state index in [4.69, 9.17) is 5.41 Å². The van der Waals surface area contributed by atoms with Crippen molar-refractivity contribution in [2.45, 2.75) is 29.8 Å². The second-order valence-corrected chi connectivity index (χ2v) is 7.53. The van der Waals surface area contributed by atoms with Crippen LogP contribution < -0.4 is 0 Å². The lowest BCUT2D eigenvalue weighted by atomic mass is 10.1. The van der Waals surface area contributed by atoms with Gasteiger partial charge in [-0.25, -0.2) is 13.4 Å². The van der Waals surface area contributed by atoms with E-state index < -0.39 is 9.84 Å². The predicted octanol–water partition coefficient (Wildman–Crippen LogP) is 3.54. The van der Waals surface area contributed by atoms with Crippen LogP contribution in [0.4, 0.5) is 0 Å². The minimum absolute atomic E-state index is 0.0481. The predicted molar refractivity (Wildman–Crippen MR) is 94.2 cm³/mol. The second-order valence-electron chi connectivity index (χ2n) is 5.67. The molecule has 0 aliphatic carbocycles. The molecule has 6 heteroatoms.